The monoisotopic (exact) mass is 192 g/mol. The van der Waals surface area contributed by atoms with Crippen LogP contribution in [0.5, 0.6) is 0 Å². The molecule has 0 aromatic carbocycles. The fourth-order valence-corrected chi connectivity index (χ4v) is 3.24. The van der Waals surface area contributed by atoms with Crippen molar-refractivity contribution < 1.29 is 4.43 Å². The first-order valence-electron chi connectivity index (χ1n) is 4.18. The first-order valence-corrected chi connectivity index (χ1v) is 9.71. The second-order valence-corrected chi connectivity index (χ2v) is 10.9. The van der Waals surface area contributed by atoms with Gasteiger partial charge in [0.2, 0.25) is 0 Å². The molecule has 0 radical (unpaired) electrons. The fraction of sp³-hybridized carbons (Fsp3) is 1.00. The second-order valence-electron chi connectivity index (χ2n) is 3.87. The summed E-state index contributed by atoms with van der Waals surface area (Å²) >= 11 is 0. The van der Waals surface area contributed by atoms with Crippen molar-refractivity contribution in [2.45, 2.75) is 25.6 Å². The van der Waals surface area contributed by atoms with Crippen LogP contribution in [0.4, 0.5) is 0 Å². The Labute approximate surface area is 73.4 Å². The van der Waals surface area contributed by atoms with Crippen LogP contribution >= 0.6 is 7.92 Å². The van der Waals surface area contributed by atoms with Gasteiger partial charge in [-0.2, -0.15) is 0 Å². The lowest BCUT2D eigenvalue weighted by Gasteiger charge is -2.19. The van der Waals surface area contributed by atoms with Gasteiger partial charge in [0, 0.05) is 7.11 Å². The first-order chi connectivity index (χ1) is 4.98. The van der Waals surface area contributed by atoms with E-state index in [-0.39, 0.29) is 0 Å². The van der Waals surface area contributed by atoms with E-state index in [2.05, 4.69) is 26.4 Å². The van der Waals surface area contributed by atoms with Crippen molar-refractivity contribution >= 4 is 16.2 Å². The summed E-state index contributed by atoms with van der Waals surface area (Å²) in [7, 11) is 0.929. The van der Waals surface area contributed by atoms with Crippen molar-refractivity contribution in [2.24, 2.45) is 0 Å². The molecule has 0 aromatic rings. The molecule has 0 aliphatic heterocycles. The molecular formula is C8H21OPSi. The molecule has 0 spiro atoms. The highest BCUT2D eigenvalue weighted by molar-refractivity contribution is 7.55. The van der Waals surface area contributed by atoms with Crippen molar-refractivity contribution in [3.05, 3.63) is 0 Å². The summed E-state index contributed by atoms with van der Waals surface area (Å²) < 4.78 is 5.47. The molecule has 0 saturated carbocycles. The normalized spacial score (nSPS) is 12.5. The quantitative estimate of drug-likeness (QED) is 0.480. The molecular weight excluding hydrogens is 171 g/mol. The van der Waals surface area contributed by atoms with Crippen LogP contribution in [0.25, 0.3) is 0 Å². The molecule has 11 heavy (non-hydrogen) atoms. The minimum Gasteiger partial charge on any atom is -0.420 e. The molecule has 0 unspecified atom stereocenters. The molecule has 0 atom stereocenters. The summed E-state index contributed by atoms with van der Waals surface area (Å²) in [5.41, 5.74) is 0. The standard InChI is InChI=1S/C8H21OPSi/c1-9-11(4,5)8-6-7-10(2)3/h6-8H2,1-5H3. The van der Waals surface area contributed by atoms with E-state index < -0.39 is 8.32 Å². The number of rotatable bonds is 5. The minimum absolute atomic E-state index is 0.308. The zero-order valence-electron chi connectivity index (χ0n) is 8.48. The topological polar surface area (TPSA) is 9.23 Å². The average molecular weight is 192 g/mol. The molecule has 0 amide bonds. The third-order valence-electron chi connectivity index (χ3n) is 1.94. The average Bonchev–Trinajstić information content (AvgIpc) is 1.87. The van der Waals surface area contributed by atoms with E-state index in [9.17, 15) is 0 Å². The van der Waals surface area contributed by atoms with E-state index in [4.69, 9.17) is 4.43 Å². The van der Waals surface area contributed by atoms with Crippen molar-refractivity contribution in [3.63, 3.8) is 0 Å². The van der Waals surface area contributed by atoms with Crippen LogP contribution < -0.4 is 0 Å². The van der Waals surface area contributed by atoms with Gasteiger partial charge in [-0.05, 0) is 45.1 Å². The van der Waals surface area contributed by atoms with E-state index in [0.717, 1.165) is 0 Å². The smallest absolute Gasteiger partial charge is 0.186 e. The molecule has 0 bridgehead atoms. The number of hydrogen-bond acceptors (Lipinski definition) is 1. The molecule has 68 valence electrons. The van der Waals surface area contributed by atoms with Crippen molar-refractivity contribution in [1.29, 1.82) is 0 Å². The van der Waals surface area contributed by atoms with E-state index in [1.54, 1.807) is 0 Å². The fourth-order valence-electron chi connectivity index (χ4n) is 0.923. The highest BCUT2D eigenvalue weighted by Crippen LogP contribution is 2.27. The van der Waals surface area contributed by atoms with E-state index in [0.29, 0.717) is 7.92 Å². The lowest BCUT2D eigenvalue weighted by molar-refractivity contribution is 0.403. The Morgan fingerprint density at radius 1 is 1.27 bits per heavy atom. The van der Waals surface area contributed by atoms with Crippen LogP contribution in [0.3, 0.4) is 0 Å². The Morgan fingerprint density at radius 3 is 2.18 bits per heavy atom. The highest BCUT2D eigenvalue weighted by atomic mass is 31.1. The molecule has 0 aliphatic carbocycles. The van der Waals surface area contributed by atoms with Gasteiger partial charge in [-0.1, -0.05) is 0 Å². The van der Waals surface area contributed by atoms with Crippen molar-refractivity contribution in [3.8, 4) is 0 Å². The van der Waals surface area contributed by atoms with Crippen LogP contribution in [0.1, 0.15) is 6.42 Å². The Kier molecular flexibility index (Phi) is 5.58. The second kappa shape index (κ2) is 5.29. The summed E-state index contributed by atoms with van der Waals surface area (Å²) in [5, 5.41) is 0. The summed E-state index contributed by atoms with van der Waals surface area (Å²) in [6, 6.07) is 1.32. The molecule has 0 saturated heterocycles. The van der Waals surface area contributed by atoms with Crippen LogP contribution in [-0.2, 0) is 4.43 Å². The van der Waals surface area contributed by atoms with Crippen LogP contribution in [-0.4, -0.2) is 34.9 Å². The summed E-state index contributed by atoms with van der Waals surface area (Å²) in [6.45, 7) is 9.27. The third kappa shape index (κ3) is 6.98. The van der Waals surface area contributed by atoms with Gasteiger partial charge in [-0.3, -0.25) is 0 Å². The van der Waals surface area contributed by atoms with Gasteiger partial charge in [-0.15, -0.1) is 7.92 Å². The maximum atomic E-state index is 5.47. The molecule has 0 aliphatic rings. The number of hydrogen-bond donors (Lipinski definition) is 0. The Hall–Kier alpha value is 0.607. The molecule has 0 aromatic heterocycles. The largest absolute Gasteiger partial charge is 0.420 e. The summed E-state index contributed by atoms with van der Waals surface area (Å²) in [5.74, 6) is 0. The molecule has 0 heterocycles. The molecule has 0 rings (SSSR count). The molecule has 0 N–H and O–H groups in total. The maximum absolute atomic E-state index is 5.47. The third-order valence-corrected chi connectivity index (χ3v) is 5.81. The van der Waals surface area contributed by atoms with Crippen LogP contribution in [0.2, 0.25) is 19.1 Å². The lowest BCUT2D eigenvalue weighted by Crippen LogP contribution is -2.28. The van der Waals surface area contributed by atoms with E-state index in [1.807, 2.05) is 7.11 Å². The molecule has 3 heteroatoms. The zero-order valence-corrected chi connectivity index (χ0v) is 10.4. The van der Waals surface area contributed by atoms with Gasteiger partial charge in [0.1, 0.15) is 0 Å². The minimum atomic E-state index is -1.23. The zero-order chi connectivity index (χ0) is 8.91. The van der Waals surface area contributed by atoms with Gasteiger partial charge >= 0.3 is 0 Å². The Balaban J connectivity index is 3.38. The van der Waals surface area contributed by atoms with Gasteiger partial charge < -0.3 is 4.43 Å². The first kappa shape index (κ1) is 11.6. The molecule has 0 fully saturated rings. The highest BCUT2D eigenvalue weighted by Gasteiger charge is 2.19. The van der Waals surface area contributed by atoms with Gasteiger partial charge in [0.05, 0.1) is 0 Å². The Morgan fingerprint density at radius 2 is 1.82 bits per heavy atom. The molecule has 1 nitrogen and oxygen atoms in total. The SMILES string of the molecule is CO[Si](C)(C)CCCP(C)C. The summed E-state index contributed by atoms with van der Waals surface area (Å²) in [4.78, 5) is 0. The Bertz CT molecular complexity index is 104. The van der Waals surface area contributed by atoms with Gasteiger partial charge in [0.25, 0.3) is 0 Å². The lowest BCUT2D eigenvalue weighted by atomic mass is 10.6. The van der Waals surface area contributed by atoms with Crippen LogP contribution in [0.15, 0.2) is 0 Å². The summed E-state index contributed by atoms with van der Waals surface area (Å²) in [6.07, 6.45) is 2.78. The van der Waals surface area contributed by atoms with Crippen molar-refractivity contribution in [1.82, 2.24) is 0 Å². The van der Waals surface area contributed by atoms with Gasteiger partial charge in [0.15, 0.2) is 8.32 Å². The maximum Gasteiger partial charge on any atom is 0.186 e. The van der Waals surface area contributed by atoms with E-state index in [1.165, 1.54) is 18.6 Å². The predicted octanol–water partition coefficient (Wildman–Crippen LogP) is 2.97. The van der Waals surface area contributed by atoms with Crippen molar-refractivity contribution in [2.75, 3.05) is 26.6 Å². The van der Waals surface area contributed by atoms with E-state index >= 15 is 0 Å². The van der Waals surface area contributed by atoms with Crippen LogP contribution in [0, 0.1) is 0 Å². The predicted molar refractivity (Wildman–Crippen MR) is 57.6 cm³/mol. The van der Waals surface area contributed by atoms with Gasteiger partial charge in [-0.25, -0.2) is 0 Å².